The number of hydrogen-bond acceptors (Lipinski definition) is 3. The van der Waals surface area contributed by atoms with Gasteiger partial charge in [-0.1, -0.05) is 13.8 Å². The summed E-state index contributed by atoms with van der Waals surface area (Å²) in [6, 6.07) is 0.804. The van der Waals surface area contributed by atoms with Crippen LogP contribution in [0.1, 0.15) is 33.1 Å². The summed E-state index contributed by atoms with van der Waals surface area (Å²) in [7, 11) is 0. The van der Waals surface area contributed by atoms with E-state index in [-0.39, 0.29) is 12.1 Å². The second-order valence-corrected chi connectivity index (χ2v) is 3.85. The first kappa shape index (κ1) is 11.0. The number of hydrogen-bond donors (Lipinski definition) is 3. The molecule has 0 aliphatic carbocycles. The summed E-state index contributed by atoms with van der Waals surface area (Å²) in [5.74, 6) is 0. The molecule has 78 valence electrons. The SMILES string of the molecule is CCC(CC)NC1CNCCC1O. The van der Waals surface area contributed by atoms with Crippen molar-refractivity contribution in [1.82, 2.24) is 10.6 Å². The number of aliphatic hydroxyl groups excluding tert-OH is 1. The molecule has 0 saturated carbocycles. The smallest absolute Gasteiger partial charge is 0.0717 e. The third kappa shape index (κ3) is 3.25. The molecule has 1 saturated heterocycles. The Labute approximate surface area is 80.9 Å². The highest BCUT2D eigenvalue weighted by atomic mass is 16.3. The Morgan fingerprint density at radius 2 is 2.15 bits per heavy atom. The molecule has 2 atom stereocenters. The monoisotopic (exact) mass is 186 g/mol. The van der Waals surface area contributed by atoms with Crippen molar-refractivity contribution < 1.29 is 5.11 Å². The Morgan fingerprint density at radius 3 is 2.69 bits per heavy atom. The molecule has 2 unspecified atom stereocenters. The van der Waals surface area contributed by atoms with Gasteiger partial charge in [0.25, 0.3) is 0 Å². The summed E-state index contributed by atoms with van der Waals surface area (Å²) in [5.41, 5.74) is 0. The van der Waals surface area contributed by atoms with Crippen LogP contribution in [0.4, 0.5) is 0 Å². The minimum atomic E-state index is -0.165. The lowest BCUT2D eigenvalue weighted by atomic mass is 10.0. The largest absolute Gasteiger partial charge is 0.391 e. The molecule has 1 heterocycles. The zero-order chi connectivity index (χ0) is 9.68. The third-order valence-corrected chi connectivity index (χ3v) is 2.88. The molecule has 0 aromatic rings. The van der Waals surface area contributed by atoms with Crippen LogP contribution in [0, 0.1) is 0 Å². The molecule has 0 aromatic heterocycles. The van der Waals surface area contributed by atoms with Gasteiger partial charge in [-0.05, 0) is 25.8 Å². The maximum Gasteiger partial charge on any atom is 0.0717 e. The Balaban J connectivity index is 2.32. The molecular weight excluding hydrogens is 164 g/mol. The van der Waals surface area contributed by atoms with Crippen LogP contribution in [0.15, 0.2) is 0 Å². The molecule has 3 nitrogen and oxygen atoms in total. The van der Waals surface area contributed by atoms with Crippen molar-refractivity contribution >= 4 is 0 Å². The van der Waals surface area contributed by atoms with E-state index < -0.39 is 0 Å². The lowest BCUT2D eigenvalue weighted by molar-refractivity contribution is 0.0924. The average molecular weight is 186 g/mol. The van der Waals surface area contributed by atoms with Crippen LogP contribution >= 0.6 is 0 Å². The number of aliphatic hydroxyl groups is 1. The molecule has 0 bridgehead atoms. The highest BCUT2D eigenvalue weighted by Gasteiger charge is 2.23. The molecule has 1 aliphatic rings. The standard InChI is InChI=1S/C10H22N2O/c1-3-8(4-2)12-9-7-11-6-5-10(9)13/h8-13H,3-7H2,1-2H3. The van der Waals surface area contributed by atoms with E-state index in [0.29, 0.717) is 6.04 Å². The maximum atomic E-state index is 9.71. The summed E-state index contributed by atoms with van der Waals surface area (Å²) >= 11 is 0. The quantitative estimate of drug-likeness (QED) is 0.598. The predicted molar refractivity (Wildman–Crippen MR) is 54.8 cm³/mol. The average Bonchev–Trinajstić information content (AvgIpc) is 2.17. The molecule has 13 heavy (non-hydrogen) atoms. The van der Waals surface area contributed by atoms with Gasteiger partial charge >= 0.3 is 0 Å². The molecule has 0 amide bonds. The fraction of sp³-hybridized carbons (Fsp3) is 1.00. The second kappa shape index (κ2) is 5.58. The van der Waals surface area contributed by atoms with Crippen molar-refractivity contribution in [3.63, 3.8) is 0 Å². The highest BCUT2D eigenvalue weighted by molar-refractivity contribution is 4.85. The molecule has 1 rings (SSSR count). The number of piperidine rings is 1. The minimum absolute atomic E-state index is 0.165. The van der Waals surface area contributed by atoms with E-state index in [4.69, 9.17) is 0 Å². The first-order chi connectivity index (χ1) is 6.27. The van der Waals surface area contributed by atoms with Gasteiger partial charge in [0.15, 0.2) is 0 Å². The molecule has 0 aromatic carbocycles. The first-order valence-corrected chi connectivity index (χ1v) is 5.42. The van der Waals surface area contributed by atoms with E-state index in [1.807, 2.05) is 0 Å². The van der Waals surface area contributed by atoms with Crippen molar-refractivity contribution in [3.05, 3.63) is 0 Å². The summed E-state index contributed by atoms with van der Waals surface area (Å²) in [4.78, 5) is 0. The van der Waals surface area contributed by atoms with Gasteiger partial charge in [0.2, 0.25) is 0 Å². The van der Waals surface area contributed by atoms with Crippen LogP contribution in [0.2, 0.25) is 0 Å². The van der Waals surface area contributed by atoms with E-state index in [1.165, 1.54) is 0 Å². The Bertz CT molecular complexity index is 137. The Kier molecular flexibility index (Phi) is 4.70. The van der Waals surface area contributed by atoms with Crippen molar-refractivity contribution in [1.29, 1.82) is 0 Å². The van der Waals surface area contributed by atoms with Gasteiger partial charge in [-0.25, -0.2) is 0 Å². The molecule has 1 aliphatic heterocycles. The molecule has 3 N–H and O–H groups in total. The van der Waals surface area contributed by atoms with Crippen LogP contribution in [0.5, 0.6) is 0 Å². The van der Waals surface area contributed by atoms with Gasteiger partial charge in [-0.3, -0.25) is 0 Å². The van der Waals surface area contributed by atoms with Crippen molar-refractivity contribution in [2.45, 2.75) is 51.3 Å². The first-order valence-electron chi connectivity index (χ1n) is 5.42. The number of nitrogens with one attached hydrogen (secondary N) is 2. The lowest BCUT2D eigenvalue weighted by Crippen LogP contribution is -2.54. The minimum Gasteiger partial charge on any atom is -0.391 e. The maximum absolute atomic E-state index is 9.71. The van der Waals surface area contributed by atoms with E-state index in [0.717, 1.165) is 32.4 Å². The van der Waals surface area contributed by atoms with E-state index >= 15 is 0 Å². The lowest BCUT2D eigenvalue weighted by Gasteiger charge is -2.32. The van der Waals surface area contributed by atoms with Gasteiger partial charge in [0.1, 0.15) is 0 Å². The fourth-order valence-electron chi connectivity index (χ4n) is 1.84. The van der Waals surface area contributed by atoms with Crippen LogP contribution in [-0.4, -0.2) is 36.4 Å². The molecule has 0 radical (unpaired) electrons. The molecule has 3 heteroatoms. The zero-order valence-electron chi connectivity index (χ0n) is 8.71. The highest BCUT2D eigenvalue weighted by Crippen LogP contribution is 2.06. The molecular formula is C10H22N2O. The Hall–Kier alpha value is -0.120. The van der Waals surface area contributed by atoms with E-state index in [9.17, 15) is 5.11 Å². The normalized spacial score (nSPS) is 29.5. The van der Waals surface area contributed by atoms with Crippen LogP contribution in [0.25, 0.3) is 0 Å². The predicted octanol–water partition coefficient (Wildman–Crippen LogP) is 0.487. The van der Waals surface area contributed by atoms with Crippen LogP contribution in [0.3, 0.4) is 0 Å². The van der Waals surface area contributed by atoms with Crippen molar-refractivity contribution in [2.24, 2.45) is 0 Å². The molecule has 0 spiro atoms. The van der Waals surface area contributed by atoms with Gasteiger partial charge in [0, 0.05) is 18.6 Å². The fourth-order valence-corrected chi connectivity index (χ4v) is 1.84. The van der Waals surface area contributed by atoms with Gasteiger partial charge in [-0.2, -0.15) is 0 Å². The van der Waals surface area contributed by atoms with Crippen LogP contribution in [-0.2, 0) is 0 Å². The summed E-state index contributed by atoms with van der Waals surface area (Å²) in [6.45, 7) is 6.22. The third-order valence-electron chi connectivity index (χ3n) is 2.88. The zero-order valence-corrected chi connectivity index (χ0v) is 8.71. The Morgan fingerprint density at radius 1 is 1.46 bits per heavy atom. The van der Waals surface area contributed by atoms with Crippen molar-refractivity contribution in [2.75, 3.05) is 13.1 Å². The van der Waals surface area contributed by atoms with Gasteiger partial charge in [-0.15, -0.1) is 0 Å². The summed E-state index contributed by atoms with van der Waals surface area (Å²) in [5, 5.41) is 16.5. The van der Waals surface area contributed by atoms with E-state index in [2.05, 4.69) is 24.5 Å². The van der Waals surface area contributed by atoms with E-state index in [1.54, 1.807) is 0 Å². The van der Waals surface area contributed by atoms with Gasteiger partial charge < -0.3 is 15.7 Å². The van der Waals surface area contributed by atoms with Gasteiger partial charge in [0.05, 0.1) is 6.10 Å². The second-order valence-electron chi connectivity index (χ2n) is 3.85. The van der Waals surface area contributed by atoms with Crippen LogP contribution < -0.4 is 10.6 Å². The summed E-state index contributed by atoms with van der Waals surface area (Å²) in [6.07, 6.45) is 2.99. The summed E-state index contributed by atoms with van der Waals surface area (Å²) < 4.78 is 0. The number of rotatable bonds is 4. The topological polar surface area (TPSA) is 44.3 Å². The molecule has 1 fully saturated rings. The van der Waals surface area contributed by atoms with Crippen molar-refractivity contribution in [3.8, 4) is 0 Å².